The van der Waals surface area contributed by atoms with Gasteiger partial charge in [-0.25, -0.2) is 0 Å². The van der Waals surface area contributed by atoms with E-state index < -0.39 is 0 Å². The molecule has 2 aromatic rings. The summed E-state index contributed by atoms with van der Waals surface area (Å²) in [5, 5.41) is 10.9. The van der Waals surface area contributed by atoms with Gasteiger partial charge in [0.15, 0.2) is 0 Å². The van der Waals surface area contributed by atoms with Crippen LogP contribution < -0.4 is 5.32 Å². The van der Waals surface area contributed by atoms with Crippen molar-refractivity contribution in [1.29, 1.82) is 0 Å². The molecule has 2 aliphatic rings. The van der Waals surface area contributed by atoms with Gasteiger partial charge in [0.1, 0.15) is 0 Å². The van der Waals surface area contributed by atoms with Crippen molar-refractivity contribution in [2.75, 3.05) is 0 Å². The molecule has 2 fully saturated rings. The van der Waals surface area contributed by atoms with E-state index >= 15 is 0 Å². The molecule has 1 atom stereocenters. The molecule has 0 aliphatic heterocycles. The number of nitrogens with one attached hydrogen (secondary N) is 2. The highest BCUT2D eigenvalue weighted by atomic mass is 35.5. The maximum Gasteiger partial charge on any atom is 0.255 e. The average Bonchev–Trinajstić information content (AvgIpc) is 3.22. The van der Waals surface area contributed by atoms with E-state index in [0.29, 0.717) is 34.2 Å². The van der Waals surface area contributed by atoms with Gasteiger partial charge in [0.05, 0.1) is 17.5 Å². The van der Waals surface area contributed by atoms with E-state index in [1.54, 1.807) is 6.20 Å². The molecule has 2 N–H and O–H groups in total. The number of carbonyl (C=O) groups is 1. The molecular weight excluding hydrogens is 310 g/mol. The zero-order valence-corrected chi connectivity index (χ0v) is 13.6. The van der Waals surface area contributed by atoms with Gasteiger partial charge in [-0.3, -0.25) is 9.89 Å². The molecule has 1 unspecified atom stereocenters. The smallest absolute Gasteiger partial charge is 0.255 e. The minimum Gasteiger partial charge on any atom is -0.349 e. The maximum atomic E-state index is 12.8. The lowest BCUT2D eigenvalue weighted by Crippen LogP contribution is -2.44. The van der Waals surface area contributed by atoms with Crippen molar-refractivity contribution in [3.05, 3.63) is 41.0 Å². The summed E-state index contributed by atoms with van der Waals surface area (Å²) in [6.07, 6.45) is 7.85. The monoisotopic (exact) mass is 329 g/mol. The predicted molar refractivity (Wildman–Crippen MR) is 90.4 cm³/mol. The van der Waals surface area contributed by atoms with Gasteiger partial charge in [0.25, 0.3) is 5.91 Å². The number of carbonyl (C=O) groups excluding carboxylic acids is 1. The summed E-state index contributed by atoms with van der Waals surface area (Å²) in [6, 6.07) is 7.83. The zero-order valence-electron chi connectivity index (χ0n) is 12.9. The third-order valence-electron chi connectivity index (χ3n) is 5.11. The number of nitrogens with zero attached hydrogens (tertiary/aromatic N) is 1. The summed E-state index contributed by atoms with van der Waals surface area (Å²) in [6.45, 7) is 0. The van der Waals surface area contributed by atoms with E-state index in [2.05, 4.69) is 15.5 Å². The second-order valence-corrected chi connectivity index (χ2v) is 7.07. The van der Waals surface area contributed by atoms with Crippen molar-refractivity contribution in [3.8, 4) is 11.3 Å². The lowest BCUT2D eigenvalue weighted by Gasteiger charge is -2.34. The Balaban J connectivity index is 1.57. The van der Waals surface area contributed by atoms with Gasteiger partial charge >= 0.3 is 0 Å². The van der Waals surface area contributed by atoms with Crippen molar-refractivity contribution in [2.24, 2.45) is 11.8 Å². The van der Waals surface area contributed by atoms with Crippen LogP contribution in [0.4, 0.5) is 0 Å². The number of amides is 1. The quantitative estimate of drug-likeness (QED) is 0.869. The van der Waals surface area contributed by atoms with E-state index in [9.17, 15) is 4.79 Å². The van der Waals surface area contributed by atoms with E-state index in [1.165, 1.54) is 32.1 Å². The number of benzene rings is 1. The minimum absolute atomic E-state index is 0.0440. The normalized spacial score (nSPS) is 19.2. The Hall–Kier alpha value is -1.81. The molecule has 4 nitrogen and oxygen atoms in total. The number of aromatic amines is 1. The Morgan fingerprint density at radius 3 is 2.61 bits per heavy atom. The Kier molecular flexibility index (Phi) is 3.85. The van der Waals surface area contributed by atoms with Crippen LogP contribution in [0.1, 0.15) is 42.5 Å². The number of H-pyrrole nitrogens is 1. The first-order valence-corrected chi connectivity index (χ1v) is 8.71. The summed E-state index contributed by atoms with van der Waals surface area (Å²) in [5.41, 5.74) is 2.07. The predicted octanol–water partition coefficient (Wildman–Crippen LogP) is 4.04. The number of halogens is 1. The largest absolute Gasteiger partial charge is 0.349 e. The van der Waals surface area contributed by atoms with E-state index in [-0.39, 0.29) is 5.91 Å². The molecule has 0 saturated heterocycles. The average molecular weight is 330 g/mol. The molecular formula is C18H20ClN3O. The molecule has 1 amide bonds. The van der Waals surface area contributed by atoms with Crippen molar-refractivity contribution < 1.29 is 4.79 Å². The Morgan fingerprint density at radius 2 is 1.96 bits per heavy atom. The fraction of sp³-hybridized carbons (Fsp3) is 0.444. The number of rotatable bonds is 5. The second-order valence-electron chi connectivity index (χ2n) is 6.67. The Labute approximate surface area is 140 Å². The summed E-state index contributed by atoms with van der Waals surface area (Å²) >= 11 is 6.26. The van der Waals surface area contributed by atoms with Crippen LogP contribution in [0.5, 0.6) is 0 Å². The molecule has 2 saturated carbocycles. The van der Waals surface area contributed by atoms with E-state index in [1.807, 2.05) is 24.3 Å². The van der Waals surface area contributed by atoms with Gasteiger partial charge in [-0.1, -0.05) is 36.2 Å². The summed E-state index contributed by atoms with van der Waals surface area (Å²) < 4.78 is 0. The summed E-state index contributed by atoms with van der Waals surface area (Å²) in [5.74, 6) is 1.28. The lowest BCUT2D eigenvalue weighted by molar-refractivity contribution is 0.0889. The number of aromatic nitrogens is 2. The van der Waals surface area contributed by atoms with Gasteiger partial charge < -0.3 is 5.32 Å². The van der Waals surface area contributed by atoms with Crippen LogP contribution >= 0.6 is 11.6 Å². The number of hydrogen-bond acceptors (Lipinski definition) is 2. The maximum absolute atomic E-state index is 12.8. The summed E-state index contributed by atoms with van der Waals surface area (Å²) in [7, 11) is 0. The highest BCUT2D eigenvalue weighted by molar-refractivity contribution is 6.33. The van der Waals surface area contributed by atoms with Crippen LogP contribution in [0.25, 0.3) is 11.3 Å². The molecule has 23 heavy (non-hydrogen) atoms. The van der Waals surface area contributed by atoms with Crippen molar-refractivity contribution >= 4 is 17.5 Å². The number of hydrogen-bond donors (Lipinski definition) is 2. The third-order valence-corrected chi connectivity index (χ3v) is 5.44. The SMILES string of the molecule is O=C(NC(C1CCC1)C1CC1)c1cn[nH]c1-c1ccccc1Cl. The first kappa shape index (κ1) is 14.8. The molecule has 4 rings (SSSR count). The molecule has 0 bridgehead atoms. The Bertz CT molecular complexity index is 719. The van der Waals surface area contributed by atoms with Crippen molar-refractivity contribution in [1.82, 2.24) is 15.5 Å². The molecule has 1 heterocycles. The van der Waals surface area contributed by atoms with Crippen LogP contribution in [0.2, 0.25) is 5.02 Å². The lowest BCUT2D eigenvalue weighted by atomic mass is 9.78. The van der Waals surface area contributed by atoms with Gasteiger partial charge in [0.2, 0.25) is 0 Å². The van der Waals surface area contributed by atoms with Crippen LogP contribution in [0, 0.1) is 11.8 Å². The van der Waals surface area contributed by atoms with Crippen LogP contribution in [-0.2, 0) is 0 Å². The van der Waals surface area contributed by atoms with Crippen LogP contribution in [0.15, 0.2) is 30.5 Å². The van der Waals surface area contributed by atoms with Crippen LogP contribution in [-0.4, -0.2) is 22.1 Å². The zero-order chi connectivity index (χ0) is 15.8. The topological polar surface area (TPSA) is 57.8 Å². The third kappa shape index (κ3) is 2.88. The standard InChI is InChI=1S/C18H20ClN3O/c19-15-7-2-1-6-13(15)17-14(10-20-22-17)18(23)21-16(12-8-9-12)11-4-3-5-11/h1-2,6-7,10-12,16H,3-5,8-9H2,(H,20,22)(H,21,23). The second kappa shape index (κ2) is 6.00. The molecule has 120 valence electrons. The highest BCUT2D eigenvalue weighted by Crippen LogP contribution is 2.42. The molecule has 1 aromatic carbocycles. The summed E-state index contributed by atoms with van der Waals surface area (Å²) in [4.78, 5) is 12.8. The van der Waals surface area contributed by atoms with E-state index in [0.717, 1.165) is 5.56 Å². The van der Waals surface area contributed by atoms with Gasteiger partial charge in [0, 0.05) is 16.6 Å². The van der Waals surface area contributed by atoms with Crippen molar-refractivity contribution in [2.45, 2.75) is 38.1 Å². The minimum atomic E-state index is -0.0440. The van der Waals surface area contributed by atoms with Gasteiger partial charge in [-0.05, 0) is 43.6 Å². The first-order valence-electron chi connectivity index (χ1n) is 8.33. The molecule has 0 spiro atoms. The molecule has 5 heteroatoms. The molecule has 1 aromatic heterocycles. The fourth-order valence-corrected chi connectivity index (χ4v) is 3.66. The van der Waals surface area contributed by atoms with E-state index in [4.69, 9.17) is 11.6 Å². The fourth-order valence-electron chi connectivity index (χ4n) is 3.43. The Morgan fingerprint density at radius 1 is 1.22 bits per heavy atom. The molecule has 2 aliphatic carbocycles. The van der Waals surface area contributed by atoms with Gasteiger partial charge in [-0.15, -0.1) is 0 Å². The first-order chi connectivity index (χ1) is 11.2. The highest BCUT2D eigenvalue weighted by Gasteiger charge is 2.40. The van der Waals surface area contributed by atoms with Gasteiger partial charge in [-0.2, -0.15) is 5.10 Å². The molecule has 0 radical (unpaired) electrons. The van der Waals surface area contributed by atoms with Crippen LogP contribution in [0.3, 0.4) is 0 Å². The van der Waals surface area contributed by atoms with Crippen molar-refractivity contribution in [3.63, 3.8) is 0 Å².